The molecule has 3 N–H and O–H groups in total. The molecule has 22 heavy (non-hydrogen) atoms. The Morgan fingerprint density at radius 3 is 1.23 bits per heavy atom. The molecule has 1 atom stereocenters. The van der Waals surface area contributed by atoms with E-state index >= 15 is 0 Å². The van der Waals surface area contributed by atoms with Crippen molar-refractivity contribution >= 4 is 5.91 Å². The summed E-state index contributed by atoms with van der Waals surface area (Å²) in [6.45, 7) is 23.8. The lowest BCUT2D eigenvalue weighted by molar-refractivity contribution is -0.130. The molecule has 0 aromatic heterocycles. The van der Waals surface area contributed by atoms with Crippen LogP contribution in [0.3, 0.4) is 0 Å². The van der Waals surface area contributed by atoms with E-state index in [1.54, 1.807) is 0 Å². The van der Waals surface area contributed by atoms with E-state index in [1.807, 2.05) is 83.1 Å². The lowest BCUT2D eigenvalue weighted by Crippen LogP contribution is -2.49. The van der Waals surface area contributed by atoms with Gasteiger partial charge in [0, 0.05) is 21.9 Å². The minimum absolute atomic E-state index is 0.0211. The Bertz CT molecular complexity index is 336. The van der Waals surface area contributed by atoms with Gasteiger partial charge in [-0.3, -0.25) is 10.1 Å². The third kappa shape index (κ3) is 14.3. The van der Waals surface area contributed by atoms with Gasteiger partial charge in [-0.25, -0.2) is 0 Å². The smallest absolute Gasteiger partial charge is 0.225 e. The summed E-state index contributed by atoms with van der Waals surface area (Å²) < 4.78 is 0. The van der Waals surface area contributed by atoms with Crippen molar-refractivity contribution in [3.8, 4) is 0 Å². The van der Waals surface area contributed by atoms with Gasteiger partial charge in [0.05, 0.1) is 0 Å². The Hall–Kier alpha value is -0.610. The second kappa shape index (κ2) is 7.78. The van der Waals surface area contributed by atoms with Crippen LogP contribution in [-0.2, 0) is 4.79 Å². The molecule has 0 aromatic carbocycles. The van der Waals surface area contributed by atoms with Gasteiger partial charge in [0.1, 0.15) is 6.23 Å². The molecule has 0 saturated heterocycles. The maximum absolute atomic E-state index is 11.4. The molecule has 0 fully saturated rings. The first-order valence-corrected chi connectivity index (χ1v) is 8.04. The summed E-state index contributed by atoms with van der Waals surface area (Å²) >= 11 is 0. The third-order valence-electron chi connectivity index (χ3n) is 2.56. The number of rotatable bonds is 1. The predicted molar refractivity (Wildman–Crippen MR) is 95.7 cm³/mol. The van der Waals surface area contributed by atoms with Gasteiger partial charge in [-0.15, -0.1) is 0 Å². The molecule has 0 spiro atoms. The first kappa shape index (κ1) is 23.7. The molecule has 1 amide bonds. The van der Waals surface area contributed by atoms with E-state index in [1.165, 1.54) is 0 Å². The van der Waals surface area contributed by atoms with Gasteiger partial charge < -0.3 is 10.4 Å². The van der Waals surface area contributed by atoms with Crippen molar-refractivity contribution in [2.24, 2.45) is 10.8 Å². The molecule has 0 radical (unpaired) electrons. The Morgan fingerprint density at radius 2 is 1.14 bits per heavy atom. The molecule has 0 aromatic rings. The maximum Gasteiger partial charge on any atom is 0.225 e. The van der Waals surface area contributed by atoms with Crippen LogP contribution in [0.2, 0.25) is 0 Å². The van der Waals surface area contributed by atoms with Crippen LogP contribution in [0.25, 0.3) is 0 Å². The zero-order valence-electron chi connectivity index (χ0n) is 16.9. The highest BCUT2D eigenvalue weighted by Gasteiger charge is 2.26. The van der Waals surface area contributed by atoms with Crippen LogP contribution in [0.5, 0.6) is 0 Å². The zero-order valence-corrected chi connectivity index (χ0v) is 16.9. The summed E-state index contributed by atoms with van der Waals surface area (Å²) in [5.41, 5.74) is -0.516. The van der Waals surface area contributed by atoms with Crippen molar-refractivity contribution < 1.29 is 9.90 Å². The van der Waals surface area contributed by atoms with Crippen LogP contribution in [0.1, 0.15) is 83.1 Å². The normalized spacial score (nSPS) is 14.8. The minimum atomic E-state index is -0.442. The minimum Gasteiger partial charge on any atom is -0.378 e. The molecule has 0 saturated carbocycles. The number of nitrogens with one attached hydrogen (secondary N) is 2. The highest BCUT2D eigenvalue weighted by Crippen LogP contribution is 2.19. The molecular formula is C18H40N2O2. The van der Waals surface area contributed by atoms with Gasteiger partial charge >= 0.3 is 0 Å². The average molecular weight is 317 g/mol. The summed E-state index contributed by atoms with van der Waals surface area (Å²) in [5, 5.41) is 15.6. The fraction of sp³-hybridized carbons (Fsp3) is 0.944. The first-order valence-electron chi connectivity index (χ1n) is 8.04. The van der Waals surface area contributed by atoms with Crippen LogP contribution in [0.4, 0.5) is 0 Å². The van der Waals surface area contributed by atoms with E-state index < -0.39 is 6.23 Å². The second-order valence-electron chi connectivity index (χ2n) is 10.1. The summed E-state index contributed by atoms with van der Waals surface area (Å²) in [6.07, 6.45) is -0.442. The lowest BCUT2D eigenvalue weighted by atomic mass is 9.92. The molecule has 134 valence electrons. The largest absolute Gasteiger partial charge is 0.378 e. The molecular weight excluding hydrogens is 276 g/mol. The number of hydrogen-bond donors (Lipinski definition) is 3. The molecule has 0 aliphatic heterocycles. The zero-order chi connectivity index (χ0) is 18.6. The third-order valence-corrected chi connectivity index (χ3v) is 2.56. The topological polar surface area (TPSA) is 61.4 Å². The van der Waals surface area contributed by atoms with Crippen LogP contribution in [-0.4, -0.2) is 28.3 Å². The van der Waals surface area contributed by atoms with E-state index in [9.17, 15) is 9.90 Å². The summed E-state index contributed by atoms with van der Waals surface area (Å²) in [7, 11) is 0. The Morgan fingerprint density at radius 1 is 0.773 bits per heavy atom. The number of hydrogen-bond acceptors (Lipinski definition) is 3. The summed E-state index contributed by atoms with van der Waals surface area (Å²) in [6, 6.07) is 0. The van der Waals surface area contributed by atoms with Gasteiger partial charge in [-0.2, -0.15) is 0 Å². The van der Waals surface area contributed by atoms with Crippen molar-refractivity contribution in [3.63, 3.8) is 0 Å². The van der Waals surface area contributed by atoms with Crippen LogP contribution < -0.4 is 10.6 Å². The monoisotopic (exact) mass is 316 g/mol. The van der Waals surface area contributed by atoms with Crippen LogP contribution >= 0.6 is 0 Å². The lowest BCUT2D eigenvalue weighted by Gasteiger charge is -2.33. The van der Waals surface area contributed by atoms with Gasteiger partial charge in [-0.1, -0.05) is 41.5 Å². The van der Waals surface area contributed by atoms with Crippen molar-refractivity contribution in [2.75, 3.05) is 0 Å². The van der Waals surface area contributed by atoms with Gasteiger partial charge in [0.2, 0.25) is 5.91 Å². The van der Waals surface area contributed by atoms with Crippen LogP contribution in [0.15, 0.2) is 0 Å². The predicted octanol–water partition coefficient (Wildman–Crippen LogP) is 3.69. The standard InChI is InChI=1S/C9H21NO.C9H19NO/c2*1-8(2,3)7(11)10-9(4,5)6/h7,10-11H,1-6H3;1-6H3,(H,10,11). The Kier molecular flexibility index (Phi) is 8.36. The van der Waals surface area contributed by atoms with Gasteiger partial charge in [0.15, 0.2) is 0 Å². The number of amides is 1. The summed E-state index contributed by atoms with van der Waals surface area (Å²) in [4.78, 5) is 11.4. The highest BCUT2D eigenvalue weighted by atomic mass is 16.3. The molecule has 0 rings (SSSR count). The van der Waals surface area contributed by atoms with E-state index in [0.717, 1.165) is 0 Å². The second-order valence-corrected chi connectivity index (χ2v) is 10.1. The fourth-order valence-corrected chi connectivity index (χ4v) is 1.15. The van der Waals surface area contributed by atoms with Crippen molar-refractivity contribution in [2.45, 2.75) is 100 Å². The Labute approximate surface area is 138 Å². The van der Waals surface area contributed by atoms with Crippen molar-refractivity contribution in [3.05, 3.63) is 0 Å². The van der Waals surface area contributed by atoms with Gasteiger partial charge in [0.25, 0.3) is 0 Å². The van der Waals surface area contributed by atoms with E-state index in [2.05, 4.69) is 10.6 Å². The molecule has 4 heteroatoms. The fourth-order valence-electron chi connectivity index (χ4n) is 1.15. The molecule has 0 aliphatic carbocycles. The van der Waals surface area contributed by atoms with Crippen LogP contribution in [0, 0.1) is 10.8 Å². The van der Waals surface area contributed by atoms with E-state index in [0.29, 0.717) is 0 Å². The molecule has 1 unspecified atom stereocenters. The number of aliphatic hydroxyl groups is 1. The van der Waals surface area contributed by atoms with Crippen molar-refractivity contribution in [1.29, 1.82) is 0 Å². The maximum atomic E-state index is 11.4. The first-order chi connectivity index (χ1) is 9.26. The highest BCUT2D eigenvalue weighted by molar-refractivity contribution is 5.81. The number of aliphatic hydroxyl groups excluding tert-OH is 1. The molecule has 0 heterocycles. The molecule has 4 nitrogen and oxygen atoms in total. The molecule has 0 bridgehead atoms. The van der Waals surface area contributed by atoms with Crippen molar-refractivity contribution in [1.82, 2.24) is 10.6 Å². The quantitative estimate of drug-likeness (QED) is 0.647. The van der Waals surface area contributed by atoms with E-state index in [4.69, 9.17) is 0 Å². The van der Waals surface area contributed by atoms with Gasteiger partial charge in [-0.05, 0) is 41.5 Å². The average Bonchev–Trinajstić information content (AvgIpc) is 2.09. The SMILES string of the molecule is CC(C)(C)NC(=O)C(C)(C)C.CC(C)(C)NC(O)C(C)(C)C. The Balaban J connectivity index is 0. The number of carbonyl (C=O) groups excluding carboxylic acids is 1. The van der Waals surface area contributed by atoms with E-state index in [-0.39, 0.29) is 27.8 Å². The summed E-state index contributed by atoms with van der Waals surface area (Å²) in [5.74, 6) is 0.102. The molecule has 0 aliphatic rings. The number of carbonyl (C=O) groups is 1.